The van der Waals surface area contributed by atoms with E-state index in [1.54, 1.807) is 0 Å². The van der Waals surface area contributed by atoms with Gasteiger partial charge in [-0.1, -0.05) is 13.8 Å². The summed E-state index contributed by atoms with van der Waals surface area (Å²) in [6.45, 7) is 3.02. The van der Waals surface area contributed by atoms with Crippen molar-refractivity contribution in [3.8, 4) is 0 Å². The molecule has 1 aliphatic heterocycles. The van der Waals surface area contributed by atoms with Gasteiger partial charge in [0.15, 0.2) is 0 Å². The monoisotopic (exact) mass is 246 g/mol. The summed E-state index contributed by atoms with van der Waals surface area (Å²) in [6.07, 6.45) is -0.488. The molecule has 0 aliphatic carbocycles. The molecule has 7 nitrogen and oxygen atoms in total. The molecule has 0 aromatic carbocycles. The first-order valence-corrected chi connectivity index (χ1v) is 5.21. The molecule has 0 aromatic rings. The maximum atomic E-state index is 11.6. The summed E-state index contributed by atoms with van der Waals surface area (Å²) in [5.74, 6) is -3.37. The molecule has 1 heterocycles. The molecule has 17 heavy (non-hydrogen) atoms. The number of carboxylic acids is 1. The van der Waals surface area contributed by atoms with Gasteiger partial charge in [0.1, 0.15) is 5.41 Å². The van der Waals surface area contributed by atoms with Gasteiger partial charge >= 0.3 is 17.9 Å². The Balaban J connectivity index is 3.39. The lowest BCUT2D eigenvalue weighted by molar-refractivity contribution is -0.253. The second-order valence-corrected chi connectivity index (χ2v) is 3.95. The van der Waals surface area contributed by atoms with Gasteiger partial charge in [-0.3, -0.25) is 4.79 Å². The summed E-state index contributed by atoms with van der Waals surface area (Å²) in [7, 11) is 0. The van der Waals surface area contributed by atoms with Gasteiger partial charge in [-0.25, -0.2) is 9.59 Å². The Kier molecular flexibility index (Phi) is 3.42. The van der Waals surface area contributed by atoms with E-state index < -0.39 is 35.3 Å². The molecular formula is C10H14O7. The highest BCUT2D eigenvalue weighted by atomic mass is 17.1. The normalized spacial score (nSPS) is 32.1. The fraction of sp³-hybridized carbons (Fsp3) is 0.700. The lowest BCUT2D eigenvalue weighted by atomic mass is 9.68. The van der Waals surface area contributed by atoms with Gasteiger partial charge in [0.25, 0.3) is 0 Å². The Bertz CT molecular complexity index is 364. The van der Waals surface area contributed by atoms with Crippen LogP contribution in [-0.4, -0.2) is 33.9 Å². The Labute approximate surface area is 97.2 Å². The predicted octanol–water partition coefficient (Wildman–Crippen LogP) is 0.579. The molecule has 0 unspecified atom stereocenters. The van der Waals surface area contributed by atoms with Crippen LogP contribution in [0.4, 0.5) is 0 Å². The third-order valence-corrected chi connectivity index (χ3v) is 3.43. The number of carbonyl (C=O) groups is 3. The minimum absolute atomic E-state index is 0.0122. The van der Waals surface area contributed by atoms with Crippen LogP contribution in [0.1, 0.15) is 33.1 Å². The van der Waals surface area contributed by atoms with Crippen molar-refractivity contribution in [1.29, 1.82) is 0 Å². The van der Waals surface area contributed by atoms with Gasteiger partial charge in [-0.2, -0.15) is 5.26 Å². The van der Waals surface area contributed by atoms with Crippen LogP contribution in [-0.2, 0) is 24.0 Å². The second-order valence-electron chi connectivity index (χ2n) is 3.95. The van der Waals surface area contributed by atoms with Crippen LogP contribution in [0.15, 0.2) is 0 Å². The fourth-order valence-corrected chi connectivity index (χ4v) is 2.41. The molecule has 7 heteroatoms. The van der Waals surface area contributed by atoms with Crippen molar-refractivity contribution in [1.82, 2.24) is 0 Å². The van der Waals surface area contributed by atoms with Crippen LogP contribution >= 0.6 is 0 Å². The van der Waals surface area contributed by atoms with Crippen LogP contribution < -0.4 is 0 Å². The van der Waals surface area contributed by atoms with Gasteiger partial charge < -0.3 is 14.7 Å². The highest BCUT2D eigenvalue weighted by molar-refractivity contribution is 5.97. The topological polar surface area (TPSA) is 110 Å². The first-order valence-electron chi connectivity index (χ1n) is 5.21. The molecule has 2 N–H and O–H groups in total. The highest BCUT2D eigenvalue weighted by Crippen LogP contribution is 2.50. The number of cyclic esters (lactones) is 1. The number of rotatable bonds is 4. The van der Waals surface area contributed by atoms with Gasteiger partial charge in [0, 0.05) is 0 Å². The maximum absolute atomic E-state index is 11.6. The molecule has 0 saturated carbocycles. The van der Waals surface area contributed by atoms with Crippen molar-refractivity contribution < 1.29 is 34.4 Å². The Morgan fingerprint density at radius 2 is 2.00 bits per heavy atom. The molecule has 96 valence electrons. The lowest BCUT2D eigenvalue weighted by Crippen LogP contribution is -2.55. The molecule has 0 radical (unpaired) electrons. The number of hydrogen-bond donors (Lipinski definition) is 2. The number of hydrogen-bond acceptors (Lipinski definition) is 6. The largest absolute Gasteiger partial charge is 0.478 e. The zero-order chi connectivity index (χ0) is 13.3. The Morgan fingerprint density at radius 1 is 1.41 bits per heavy atom. The van der Waals surface area contributed by atoms with Crippen LogP contribution in [0.3, 0.4) is 0 Å². The molecule has 0 bridgehead atoms. The lowest BCUT2D eigenvalue weighted by Gasteiger charge is -2.35. The minimum atomic E-state index is -1.97. The van der Waals surface area contributed by atoms with E-state index in [2.05, 4.69) is 4.89 Å². The van der Waals surface area contributed by atoms with Crippen LogP contribution in [0.25, 0.3) is 0 Å². The molecule has 1 saturated heterocycles. The Morgan fingerprint density at radius 3 is 2.35 bits per heavy atom. The van der Waals surface area contributed by atoms with E-state index in [0.29, 0.717) is 0 Å². The smallest absolute Gasteiger partial charge is 0.353 e. The molecule has 0 amide bonds. The fourth-order valence-electron chi connectivity index (χ4n) is 2.41. The third-order valence-electron chi connectivity index (χ3n) is 3.43. The van der Waals surface area contributed by atoms with E-state index in [9.17, 15) is 19.5 Å². The summed E-state index contributed by atoms with van der Waals surface area (Å²) in [6, 6.07) is 0. The molecule has 0 spiro atoms. The minimum Gasteiger partial charge on any atom is -0.478 e. The molecule has 1 fully saturated rings. The molecule has 0 aromatic heterocycles. The maximum Gasteiger partial charge on any atom is 0.353 e. The summed E-state index contributed by atoms with van der Waals surface area (Å²) >= 11 is 0. The SMILES string of the molecule is CC[C@@]1(C(=O)OO)CC(=O)O[C@]1(CC)C(=O)O. The summed E-state index contributed by atoms with van der Waals surface area (Å²) < 4.78 is 4.84. The predicted molar refractivity (Wildman–Crippen MR) is 52.8 cm³/mol. The number of ether oxygens (including phenoxy) is 1. The van der Waals surface area contributed by atoms with E-state index in [4.69, 9.17) is 9.99 Å². The summed E-state index contributed by atoms with van der Waals surface area (Å²) in [4.78, 5) is 37.9. The van der Waals surface area contributed by atoms with Crippen molar-refractivity contribution in [2.24, 2.45) is 5.41 Å². The second kappa shape index (κ2) is 4.33. The van der Waals surface area contributed by atoms with Crippen LogP contribution in [0, 0.1) is 5.41 Å². The van der Waals surface area contributed by atoms with Gasteiger partial charge in [0.05, 0.1) is 6.42 Å². The van der Waals surface area contributed by atoms with Crippen molar-refractivity contribution in [3.05, 3.63) is 0 Å². The number of carbonyl (C=O) groups excluding carboxylic acids is 2. The Hall–Kier alpha value is -1.63. The number of esters is 1. The third kappa shape index (κ3) is 1.57. The number of aliphatic carboxylic acids is 1. The van der Waals surface area contributed by atoms with Gasteiger partial charge in [-0.05, 0) is 12.8 Å². The van der Waals surface area contributed by atoms with Crippen LogP contribution in [0.5, 0.6) is 0 Å². The van der Waals surface area contributed by atoms with Crippen molar-refractivity contribution in [2.45, 2.75) is 38.7 Å². The van der Waals surface area contributed by atoms with Gasteiger partial charge in [-0.15, -0.1) is 0 Å². The molecule has 1 aliphatic rings. The zero-order valence-corrected chi connectivity index (χ0v) is 9.56. The first kappa shape index (κ1) is 13.4. The standard InChI is InChI=1S/C10H14O7/c1-3-9(8(14)17-15)5-6(11)16-10(9,4-2)7(12)13/h15H,3-5H2,1-2H3,(H,12,13)/t9-,10+/m0/s1. The highest BCUT2D eigenvalue weighted by Gasteiger charge is 2.69. The average molecular weight is 246 g/mol. The summed E-state index contributed by atoms with van der Waals surface area (Å²) in [5.41, 5.74) is -3.65. The first-order chi connectivity index (χ1) is 7.90. The van der Waals surface area contributed by atoms with Crippen molar-refractivity contribution in [3.63, 3.8) is 0 Å². The number of carboxylic acid groups (broad SMARTS) is 1. The zero-order valence-electron chi connectivity index (χ0n) is 9.56. The molecule has 2 atom stereocenters. The molecular weight excluding hydrogens is 232 g/mol. The van der Waals surface area contributed by atoms with E-state index in [-0.39, 0.29) is 12.8 Å². The summed E-state index contributed by atoms with van der Waals surface area (Å²) in [5, 5.41) is 17.7. The van der Waals surface area contributed by atoms with Crippen molar-refractivity contribution >= 4 is 17.9 Å². The van der Waals surface area contributed by atoms with Gasteiger partial charge in [0.2, 0.25) is 5.60 Å². The average Bonchev–Trinajstić information content (AvgIpc) is 2.62. The van der Waals surface area contributed by atoms with Crippen molar-refractivity contribution in [2.75, 3.05) is 0 Å². The van der Waals surface area contributed by atoms with Crippen LogP contribution in [0.2, 0.25) is 0 Å². The van der Waals surface area contributed by atoms with E-state index in [0.717, 1.165) is 0 Å². The van der Waals surface area contributed by atoms with E-state index in [1.165, 1.54) is 13.8 Å². The molecule has 1 rings (SSSR count). The quantitative estimate of drug-likeness (QED) is 0.424. The van der Waals surface area contributed by atoms with E-state index >= 15 is 0 Å². The van der Waals surface area contributed by atoms with E-state index in [1.807, 2.05) is 0 Å².